The fraction of sp³-hybridized carbons (Fsp3) is 0.417. The van der Waals surface area contributed by atoms with Gasteiger partial charge in [0.25, 0.3) is 0 Å². The molecule has 1 amide bonds. The van der Waals surface area contributed by atoms with Gasteiger partial charge in [0, 0.05) is 6.54 Å². The molecule has 0 radical (unpaired) electrons. The van der Waals surface area contributed by atoms with E-state index in [1.54, 1.807) is 24.3 Å². The molecule has 1 fully saturated rings. The SMILES string of the molecule is O=C(Oc1ccccc1)N1CCOC(CO)C1. The average Bonchev–Trinajstić information content (AvgIpc) is 2.40. The van der Waals surface area contributed by atoms with Crippen molar-refractivity contribution >= 4 is 6.09 Å². The third-order valence-corrected chi connectivity index (χ3v) is 2.55. The van der Waals surface area contributed by atoms with E-state index in [1.165, 1.54) is 4.90 Å². The molecule has 0 bridgehead atoms. The molecule has 1 aromatic carbocycles. The maximum absolute atomic E-state index is 11.8. The van der Waals surface area contributed by atoms with Gasteiger partial charge >= 0.3 is 6.09 Å². The summed E-state index contributed by atoms with van der Waals surface area (Å²) in [4.78, 5) is 13.3. The number of aliphatic hydroxyl groups is 1. The van der Waals surface area contributed by atoms with E-state index < -0.39 is 6.09 Å². The second-order valence-corrected chi connectivity index (χ2v) is 3.80. The fourth-order valence-corrected chi connectivity index (χ4v) is 1.65. The van der Waals surface area contributed by atoms with Gasteiger partial charge in [-0.2, -0.15) is 0 Å². The number of para-hydroxylation sites is 1. The van der Waals surface area contributed by atoms with Crippen LogP contribution in [-0.4, -0.2) is 48.5 Å². The minimum absolute atomic E-state index is 0.0882. The molecule has 1 N–H and O–H groups in total. The number of amides is 1. The summed E-state index contributed by atoms with van der Waals surface area (Å²) >= 11 is 0. The van der Waals surface area contributed by atoms with E-state index in [4.69, 9.17) is 14.6 Å². The van der Waals surface area contributed by atoms with Gasteiger partial charge < -0.3 is 19.5 Å². The molecule has 1 saturated heterocycles. The molecule has 17 heavy (non-hydrogen) atoms. The van der Waals surface area contributed by atoms with E-state index in [9.17, 15) is 4.79 Å². The van der Waals surface area contributed by atoms with E-state index in [2.05, 4.69) is 0 Å². The smallest absolute Gasteiger partial charge is 0.410 e. The summed E-state index contributed by atoms with van der Waals surface area (Å²) in [5.74, 6) is 0.518. The number of hydrogen-bond donors (Lipinski definition) is 1. The van der Waals surface area contributed by atoms with Crippen LogP contribution in [0, 0.1) is 0 Å². The van der Waals surface area contributed by atoms with Crippen molar-refractivity contribution in [1.82, 2.24) is 4.90 Å². The van der Waals surface area contributed by atoms with Gasteiger partial charge in [-0.05, 0) is 12.1 Å². The Labute approximate surface area is 99.6 Å². The zero-order valence-corrected chi connectivity index (χ0v) is 9.41. The van der Waals surface area contributed by atoms with Gasteiger partial charge in [-0.1, -0.05) is 18.2 Å². The summed E-state index contributed by atoms with van der Waals surface area (Å²) in [6.45, 7) is 1.19. The van der Waals surface area contributed by atoms with Crippen molar-refractivity contribution in [2.75, 3.05) is 26.3 Å². The Hall–Kier alpha value is -1.59. The number of nitrogens with zero attached hydrogens (tertiary/aromatic N) is 1. The largest absolute Gasteiger partial charge is 0.415 e. The zero-order chi connectivity index (χ0) is 12.1. The Balaban J connectivity index is 1.91. The van der Waals surface area contributed by atoms with Crippen LogP contribution in [0.1, 0.15) is 0 Å². The molecular weight excluding hydrogens is 222 g/mol. The van der Waals surface area contributed by atoms with Crippen LogP contribution < -0.4 is 4.74 Å². The second kappa shape index (κ2) is 5.65. The standard InChI is InChI=1S/C12H15NO4/c14-9-11-8-13(6-7-16-11)12(15)17-10-4-2-1-3-5-10/h1-5,11,14H,6-9H2. The van der Waals surface area contributed by atoms with Gasteiger partial charge in [-0.25, -0.2) is 4.79 Å². The lowest BCUT2D eigenvalue weighted by atomic mass is 10.3. The van der Waals surface area contributed by atoms with Crippen LogP contribution in [0.15, 0.2) is 30.3 Å². The van der Waals surface area contributed by atoms with Crippen molar-refractivity contribution in [3.05, 3.63) is 30.3 Å². The molecule has 5 nitrogen and oxygen atoms in total. The number of benzene rings is 1. The third kappa shape index (κ3) is 3.18. The molecule has 1 aliphatic heterocycles. The van der Waals surface area contributed by atoms with Crippen LogP contribution in [0.2, 0.25) is 0 Å². The molecule has 0 spiro atoms. The molecule has 5 heteroatoms. The molecule has 0 aliphatic carbocycles. The molecule has 0 saturated carbocycles. The molecule has 1 aliphatic rings. The van der Waals surface area contributed by atoms with Gasteiger partial charge in [0.2, 0.25) is 0 Å². The number of carbonyl (C=O) groups is 1. The summed E-state index contributed by atoms with van der Waals surface area (Å²) in [5.41, 5.74) is 0. The van der Waals surface area contributed by atoms with Crippen LogP contribution in [0.5, 0.6) is 5.75 Å². The van der Waals surface area contributed by atoms with Crippen molar-refractivity contribution in [2.45, 2.75) is 6.10 Å². The number of ether oxygens (including phenoxy) is 2. The lowest BCUT2D eigenvalue weighted by Gasteiger charge is -2.31. The Morgan fingerprint density at radius 1 is 1.47 bits per heavy atom. The zero-order valence-electron chi connectivity index (χ0n) is 9.41. The lowest BCUT2D eigenvalue weighted by Crippen LogP contribution is -2.47. The predicted molar refractivity (Wildman–Crippen MR) is 60.9 cm³/mol. The van der Waals surface area contributed by atoms with Gasteiger partial charge in [-0.15, -0.1) is 0 Å². The summed E-state index contributed by atoms with van der Waals surface area (Å²) in [7, 11) is 0. The molecule has 1 unspecified atom stereocenters. The lowest BCUT2D eigenvalue weighted by molar-refractivity contribution is -0.0449. The predicted octanol–water partition coefficient (Wildman–Crippen LogP) is 0.878. The van der Waals surface area contributed by atoms with Crippen molar-refractivity contribution < 1.29 is 19.4 Å². The molecule has 2 rings (SSSR count). The molecular formula is C12H15NO4. The maximum atomic E-state index is 11.8. The monoisotopic (exact) mass is 237 g/mol. The fourth-order valence-electron chi connectivity index (χ4n) is 1.65. The van der Waals surface area contributed by atoms with Gasteiger partial charge in [-0.3, -0.25) is 0 Å². The molecule has 0 aromatic heterocycles. The second-order valence-electron chi connectivity index (χ2n) is 3.80. The van der Waals surface area contributed by atoms with Crippen molar-refractivity contribution in [2.24, 2.45) is 0 Å². The summed E-state index contributed by atoms with van der Waals surface area (Å²) in [6.07, 6.45) is -0.718. The first kappa shape index (κ1) is 11.9. The average molecular weight is 237 g/mol. The highest BCUT2D eigenvalue weighted by Gasteiger charge is 2.24. The van der Waals surface area contributed by atoms with Crippen LogP contribution in [-0.2, 0) is 4.74 Å². The molecule has 92 valence electrons. The summed E-state index contributed by atoms with van der Waals surface area (Å²) in [6, 6.07) is 8.91. The van der Waals surface area contributed by atoms with E-state index in [0.717, 1.165) is 0 Å². The molecule has 1 heterocycles. The topological polar surface area (TPSA) is 59.0 Å². The first-order valence-corrected chi connectivity index (χ1v) is 5.54. The Morgan fingerprint density at radius 2 is 2.24 bits per heavy atom. The van der Waals surface area contributed by atoms with Gasteiger partial charge in [0.1, 0.15) is 5.75 Å². The summed E-state index contributed by atoms with van der Waals surface area (Å²) < 4.78 is 10.5. The minimum Gasteiger partial charge on any atom is -0.410 e. The van der Waals surface area contributed by atoms with Crippen molar-refractivity contribution in [3.63, 3.8) is 0 Å². The van der Waals surface area contributed by atoms with E-state index >= 15 is 0 Å². The van der Waals surface area contributed by atoms with Crippen LogP contribution in [0.3, 0.4) is 0 Å². The number of carbonyl (C=O) groups excluding carboxylic acids is 1. The highest BCUT2D eigenvalue weighted by Crippen LogP contribution is 2.12. The number of morpholine rings is 1. The Bertz CT molecular complexity index is 368. The van der Waals surface area contributed by atoms with Crippen molar-refractivity contribution in [1.29, 1.82) is 0 Å². The van der Waals surface area contributed by atoms with Gasteiger partial charge in [0.15, 0.2) is 0 Å². The first-order chi connectivity index (χ1) is 8.29. The van der Waals surface area contributed by atoms with Crippen LogP contribution >= 0.6 is 0 Å². The van der Waals surface area contributed by atoms with E-state index in [0.29, 0.717) is 25.4 Å². The maximum Gasteiger partial charge on any atom is 0.415 e. The van der Waals surface area contributed by atoms with Crippen LogP contribution in [0.4, 0.5) is 4.79 Å². The first-order valence-electron chi connectivity index (χ1n) is 5.54. The van der Waals surface area contributed by atoms with Crippen molar-refractivity contribution in [3.8, 4) is 5.75 Å². The third-order valence-electron chi connectivity index (χ3n) is 2.55. The molecule has 1 aromatic rings. The van der Waals surface area contributed by atoms with Crippen LogP contribution in [0.25, 0.3) is 0 Å². The minimum atomic E-state index is -0.405. The van der Waals surface area contributed by atoms with E-state index in [1.807, 2.05) is 6.07 Å². The number of aliphatic hydroxyl groups excluding tert-OH is 1. The number of rotatable bonds is 2. The highest BCUT2D eigenvalue weighted by molar-refractivity contribution is 5.70. The van der Waals surface area contributed by atoms with E-state index in [-0.39, 0.29) is 12.7 Å². The Morgan fingerprint density at radius 3 is 2.94 bits per heavy atom. The number of hydrogen-bond acceptors (Lipinski definition) is 4. The highest BCUT2D eigenvalue weighted by atomic mass is 16.6. The Kier molecular flexibility index (Phi) is 3.95. The molecule has 1 atom stereocenters. The quantitative estimate of drug-likeness (QED) is 0.829. The summed E-state index contributed by atoms with van der Waals surface area (Å²) in [5, 5.41) is 8.98. The van der Waals surface area contributed by atoms with Gasteiger partial charge in [0.05, 0.1) is 25.9 Å². The normalized spacial score (nSPS) is 20.1.